The summed E-state index contributed by atoms with van der Waals surface area (Å²) in [6, 6.07) is -0.301. The number of carbonyl (C=O) groups excluding carboxylic acids is 2. The van der Waals surface area contributed by atoms with E-state index in [9.17, 15) is 9.59 Å². The first-order valence-corrected chi connectivity index (χ1v) is 7.74. The Morgan fingerprint density at radius 1 is 1.43 bits per heavy atom. The molecule has 1 aliphatic carbocycles. The van der Waals surface area contributed by atoms with Crippen LogP contribution in [0.25, 0.3) is 0 Å². The molecule has 1 aromatic rings. The molecule has 1 heterocycles. The summed E-state index contributed by atoms with van der Waals surface area (Å²) < 4.78 is 1.92. The average Bonchev–Trinajstić information content (AvgIpc) is 2.95. The minimum absolute atomic E-state index is 0.221. The predicted octanol–water partition coefficient (Wildman–Crippen LogP) is 0.821. The highest BCUT2D eigenvalue weighted by Gasteiger charge is 2.29. The number of allylic oxidation sites excluding steroid dienone is 1. The summed E-state index contributed by atoms with van der Waals surface area (Å²) in [7, 11) is 1.69. The monoisotopic (exact) mass is 320 g/mol. The Kier molecular flexibility index (Phi) is 5.36. The normalized spacial score (nSPS) is 20.5. The second-order valence-electron chi connectivity index (χ2n) is 6.11. The fourth-order valence-electron chi connectivity index (χ4n) is 2.65. The van der Waals surface area contributed by atoms with E-state index in [1.807, 2.05) is 30.6 Å². The Hall–Kier alpha value is -2.38. The van der Waals surface area contributed by atoms with Crippen LogP contribution in [0.1, 0.15) is 38.6 Å². The average molecular weight is 320 g/mol. The van der Waals surface area contributed by atoms with Crippen LogP contribution in [0.5, 0.6) is 0 Å². The van der Waals surface area contributed by atoms with Crippen molar-refractivity contribution in [3.8, 4) is 0 Å². The molecule has 0 saturated heterocycles. The third kappa shape index (κ3) is 4.08. The van der Waals surface area contributed by atoms with Gasteiger partial charge in [0.1, 0.15) is 6.33 Å². The fourth-order valence-corrected chi connectivity index (χ4v) is 2.65. The van der Waals surface area contributed by atoms with Crippen molar-refractivity contribution in [2.45, 2.75) is 45.3 Å². The lowest BCUT2D eigenvalue weighted by molar-refractivity contribution is -0.122. The van der Waals surface area contributed by atoms with Crippen LogP contribution in [-0.2, 0) is 11.3 Å². The Labute approximate surface area is 135 Å². The van der Waals surface area contributed by atoms with Crippen LogP contribution in [0.3, 0.4) is 0 Å². The van der Waals surface area contributed by atoms with Crippen molar-refractivity contribution in [3.05, 3.63) is 24.3 Å². The number of urea groups is 1. The molecule has 8 nitrogen and oxygen atoms in total. The topological polar surface area (TPSA) is 106 Å². The number of nitrogens with two attached hydrogens (primary N) is 1. The molecule has 0 fully saturated rings. The maximum absolute atomic E-state index is 12.4. The minimum atomic E-state index is -0.387. The van der Waals surface area contributed by atoms with E-state index in [2.05, 4.69) is 15.5 Å². The molecule has 1 aromatic heterocycles. The highest BCUT2D eigenvalue weighted by molar-refractivity contribution is 5.80. The lowest BCUT2D eigenvalue weighted by Gasteiger charge is -2.29. The smallest absolute Gasteiger partial charge is 0.317 e. The van der Waals surface area contributed by atoms with E-state index >= 15 is 0 Å². The molecule has 0 aromatic carbocycles. The van der Waals surface area contributed by atoms with E-state index < -0.39 is 0 Å². The van der Waals surface area contributed by atoms with Gasteiger partial charge >= 0.3 is 6.03 Å². The Morgan fingerprint density at radius 3 is 2.78 bits per heavy atom. The highest BCUT2D eigenvalue weighted by atomic mass is 16.2. The van der Waals surface area contributed by atoms with Gasteiger partial charge in [-0.3, -0.25) is 4.79 Å². The summed E-state index contributed by atoms with van der Waals surface area (Å²) in [5.74, 6) is -0.0360. The van der Waals surface area contributed by atoms with Gasteiger partial charge in [-0.25, -0.2) is 4.79 Å². The first-order chi connectivity index (χ1) is 10.9. The Balaban J connectivity index is 1.98. The van der Waals surface area contributed by atoms with Gasteiger partial charge in [-0.1, -0.05) is 12.2 Å². The third-order valence-electron chi connectivity index (χ3n) is 4.04. The van der Waals surface area contributed by atoms with Crippen molar-refractivity contribution in [2.24, 2.45) is 11.7 Å². The fraction of sp³-hybridized carbons (Fsp3) is 0.600. The number of hydrogen-bond acceptors (Lipinski definition) is 4. The van der Waals surface area contributed by atoms with Gasteiger partial charge in [0.25, 0.3) is 0 Å². The highest BCUT2D eigenvalue weighted by Crippen LogP contribution is 2.19. The molecule has 3 N–H and O–H groups in total. The molecule has 2 atom stereocenters. The summed E-state index contributed by atoms with van der Waals surface area (Å²) in [4.78, 5) is 25.4. The number of hydrogen-bond donors (Lipinski definition) is 2. The van der Waals surface area contributed by atoms with E-state index in [1.54, 1.807) is 13.4 Å². The molecule has 0 aliphatic heterocycles. The van der Waals surface area contributed by atoms with E-state index in [-0.39, 0.29) is 29.9 Å². The number of nitrogens with zero attached hydrogens (tertiary/aromatic N) is 4. The lowest BCUT2D eigenvalue weighted by atomic mass is 9.88. The van der Waals surface area contributed by atoms with Crippen molar-refractivity contribution in [3.63, 3.8) is 0 Å². The maximum atomic E-state index is 12.4. The minimum Gasteiger partial charge on any atom is -0.369 e. The van der Waals surface area contributed by atoms with Crippen LogP contribution < -0.4 is 11.1 Å². The molecule has 8 heteroatoms. The van der Waals surface area contributed by atoms with E-state index in [0.717, 1.165) is 0 Å². The van der Waals surface area contributed by atoms with Crippen LogP contribution >= 0.6 is 0 Å². The summed E-state index contributed by atoms with van der Waals surface area (Å²) in [6.45, 7) is 4.39. The van der Waals surface area contributed by atoms with Gasteiger partial charge in [0.15, 0.2) is 5.82 Å². The number of nitrogens with one attached hydrogen (secondary N) is 1. The first kappa shape index (κ1) is 17.0. The number of rotatable bonds is 5. The zero-order valence-corrected chi connectivity index (χ0v) is 13.8. The second-order valence-corrected chi connectivity index (χ2v) is 6.11. The molecule has 0 bridgehead atoms. The van der Waals surface area contributed by atoms with Crippen molar-refractivity contribution in [1.82, 2.24) is 25.0 Å². The number of amides is 3. The van der Waals surface area contributed by atoms with E-state index in [0.29, 0.717) is 25.2 Å². The van der Waals surface area contributed by atoms with Gasteiger partial charge in [-0.15, -0.1) is 10.2 Å². The van der Waals surface area contributed by atoms with E-state index in [1.165, 1.54) is 4.90 Å². The largest absolute Gasteiger partial charge is 0.369 e. The quantitative estimate of drug-likeness (QED) is 0.783. The molecule has 126 valence electrons. The summed E-state index contributed by atoms with van der Waals surface area (Å²) in [5.41, 5.74) is 5.41. The van der Waals surface area contributed by atoms with Gasteiger partial charge in [0, 0.05) is 19.1 Å². The molecule has 23 heavy (non-hydrogen) atoms. The molecule has 0 radical (unpaired) electrons. The van der Waals surface area contributed by atoms with Crippen LogP contribution in [-0.4, -0.2) is 44.7 Å². The molecule has 2 rings (SSSR count). The van der Waals surface area contributed by atoms with Crippen molar-refractivity contribution >= 4 is 11.9 Å². The molecule has 3 amide bonds. The number of aromatic nitrogens is 3. The van der Waals surface area contributed by atoms with Gasteiger partial charge in [-0.05, 0) is 26.7 Å². The van der Waals surface area contributed by atoms with Gasteiger partial charge in [0.05, 0.1) is 12.5 Å². The van der Waals surface area contributed by atoms with Gasteiger partial charge < -0.3 is 20.5 Å². The standard InChI is InChI=1S/C15H24N6O2/c1-10(2)21-9-17-19-13(21)8-20(3)15(23)18-12-7-5-4-6-11(12)14(16)22/h4-5,9-12H,6-8H2,1-3H3,(H2,16,22)(H,18,23)/t11-,12-/m1/s1. The predicted molar refractivity (Wildman–Crippen MR) is 85.3 cm³/mol. The van der Waals surface area contributed by atoms with Crippen LogP contribution in [0.2, 0.25) is 0 Å². The van der Waals surface area contributed by atoms with Crippen LogP contribution in [0, 0.1) is 5.92 Å². The SMILES string of the molecule is CC(C)n1cnnc1CN(C)C(=O)N[C@@H]1CC=CC[C@H]1C(N)=O. The first-order valence-electron chi connectivity index (χ1n) is 7.74. The van der Waals surface area contributed by atoms with E-state index in [4.69, 9.17) is 5.73 Å². The van der Waals surface area contributed by atoms with Crippen LogP contribution in [0.15, 0.2) is 18.5 Å². The van der Waals surface area contributed by atoms with Gasteiger partial charge in [0.2, 0.25) is 5.91 Å². The lowest BCUT2D eigenvalue weighted by Crippen LogP contribution is -2.49. The zero-order valence-electron chi connectivity index (χ0n) is 13.8. The molecular formula is C15H24N6O2. The maximum Gasteiger partial charge on any atom is 0.317 e. The summed E-state index contributed by atoms with van der Waals surface area (Å²) in [6.07, 6.45) is 6.70. The van der Waals surface area contributed by atoms with Crippen molar-refractivity contribution in [2.75, 3.05) is 7.05 Å². The Bertz CT molecular complexity index is 595. The molecule has 0 spiro atoms. The molecular weight excluding hydrogens is 296 g/mol. The Morgan fingerprint density at radius 2 is 2.13 bits per heavy atom. The number of primary amides is 1. The number of carbonyl (C=O) groups is 2. The summed E-state index contributed by atoms with van der Waals surface area (Å²) in [5, 5.41) is 10.8. The van der Waals surface area contributed by atoms with Crippen molar-refractivity contribution in [1.29, 1.82) is 0 Å². The molecule has 0 saturated carbocycles. The molecule has 0 unspecified atom stereocenters. The third-order valence-corrected chi connectivity index (χ3v) is 4.04. The molecule has 1 aliphatic rings. The summed E-state index contributed by atoms with van der Waals surface area (Å²) >= 11 is 0. The van der Waals surface area contributed by atoms with Crippen LogP contribution in [0.4, 0.5) is 4.79 Å². The van der Waals surface area contributed by atoms with Crippen molar-refractivity contribution < 1.29 is 9.59 Å². The second kappa shape index (κ2) is 7.26. The zero-order chi connectivity index (χ0) is 17.0. The van der Waals surface area contributed by atoms with Gasteiger partial charge in [-0.2, -0.15) is 0 Å².